The first-order valence-corrected chi connectivity index (χ1v) is 5.46. The molecule has 4 heteroatoms. The van der Waals surface area contributed by atoms with Gasteiger partial charge in [0.2, 0.25) is 0 Å². The second kappa shape index (κ2) is 5.42. The fourth-order valence-corrected chi connectivity index (χ4v) is 1.95. The van der Waals surface area contributed by atoms with Crippen molar-refractivity contribution in [1.29, 1.82) is 0 Å². The minimum absolute atomic E-state index is 0.0382. The fourth-order valence-electron chi connectivity index (χ4n) is 1.13. The highest BCUT2D eigenvalue weighted by Gasteiger charge is 2.15. The molecule has 0 aliphatic carbocycles. The normalized spacial score (nSPS) is 9.40. The molecule has 3 nitrogen and oxygen atoms in total. The zero-order valence-electron chi connectivity index (χ0n) is 8.82. The van der Waals surface area contributed by atoms with Crippen molar-refractivity contribution in [3.63, 3.8) is 0 Å². The molecule has 0 N–H and O–H groups in total. The van der Waals surface area contributed by atoms with Gasteiger partial charge in [0.1, 0.15) is 5.75 Å². The van der Waals surface area contributed by atoms with Crippen LogP contribution in [0, 0.1) is 12.3 Å². The van der Waals surface area contributed by atoms with Crippen LogP contribution in [-0.4, -0.2) is 31.0 Å². The summed E-state index contributed by atoms with van der Waals surface area (Å²) in [7, 11) is 1.58. The van der Waals surface area contributed by atoms with Gasteiger partial charge in [-0.1, -0.05) is 5.92 Å². The highest BCUT2D eigenvalue weighted by atomic mass is 32.1. The van der Waals surface area contributed by atoms with Gasteiger partial charge in [0, 0.05) is 18.0 Å². The van der Waals surface area contributed by atoms with E-state index in [2.05, 4.69) is 5.92 Å². The summed E-state index contributed by atoms with van der Waals surface area (Å²) in [6.45, 7) is 2.86. The minimum atomic E-state index is -0.0382. The molecule has 0 spiro atoms. The van der Waals surface area contributed by atoms with Gasteiger partial charge in [-0.3, -0.25) is 4.79 Å². The summed E-state index contributed by atoms with van der Waals surface area (Å²) in [5, 5.41) is 1.80. The molecule has 1 amide bonds. The largest absolute Gasteiger partial charge is 0.496 e. The van der Waals surface area contributed by atoms with Crippen molar-refractivity contribution >= 4 is 17.2 Å². The molecule has 0 bridgehead atoms. The topological polar surface area (TPSA) is 29.5 Å². The van der Waals surface area contributed by atoms with Crippen LogP contribution in [0.1, 0.15) is 16.6 Å². The molecule has 0 aromatic carbocycles. The molecule has 0 aliphatic rings. The number of nitrogens with zero attached hydrogens (tertiary/aromatic N) is 1. The van der Waals surface area contributed by atoms with Crippen molar-refractivity contribution < 1.29 is 9.53 Å². The lowest BCUT2D eigenvalue weighted by molar-refractivity contribution is 0.0789. The van der Waals surface area contributed by atoms with Crippen molar-refractivity contribution in [3.05, 3.63) is 16.3 Å². The van der Waals surface area contributed by atoms with E-state index in [1.807, 2.05) is 6.92 Å². The highest BCUT2D eigenvalue weighted by molar-refractivity contribution is 7.12. The first kappa shape index (κ1) is 11.6. The summed E-state index contributed by atoms with van der Waals surface area (Å²) < 4.78 is 5.02. The zero-order valence-corrected chi connectivity index (χ0v) is 9.63. The Morgan fingerprint density at radius 2 is 2.47 bits per heavy atom. The van der Waals surface area contributed by atoms with Crippen LogP contribution in [0.3, 0.4) is 0 Å². The first-order chi connectivity index (χ1) is 7.22. The van der Waals surface area contributed by atoms with E-state index in [1.165, 1.54) is 11.3 Å². The second-order valence-electron chi connectivity index (χ2n) is 2.87. The van der Waals surface area contributed by atoms with Crippen molar-refractivity contribution in [1.82, 2.24) is 4.90 Å². The average molecular weight is 223 g/mol. The number of carbonyl (C=O) groups is 1. The summed E-state index contributed by atoms with van der Waals surface area (Å²) in [4.78, 5) is 14.2. The summed E-state index contributed by atoms with van der Waals surface area (Å²) in [6, 6.07) is 1.73. The molecule has 1 heterocycles. The van der Waals surface area contributed by atoms with Gasteiger partial charge in [0.25, 0.3) is 5.91 Å². The van der Waals surface area contributed by atoms with E-state index < -0.39 is 0 Å². The Bertz CT molecular complexity index is 378. The number of carbonyl (C=O) groups excluding carboxylic acids is 1. The molecule has 0 unspecified atom stereocenters. The van der Waals surface area contributed by atoms with E-state index in [0.29, 0.717) is 23.7 Å². The average Bonchev–Trinajstić information content (AvgIpc) is 2.73. The molecule has 1 rings (SSSR count). The van der Waals surface area contributed by atoms with Gasteiger partial charge in [-0.25, -0.2) is 0 Å². The lowest BCUT2D eigenvalue weighted by Crippen LogP contribution is -2.30. The van der Waals surface area contributed by atoms with Gasteiger partial charge in [0.05, 0.1) is 18.5 Å². The second-order valence-corrected chi connectivity index (χ2v) is 3.79. The smallest absolute Gasteiger partial charge is 0.264 e. The maximum atomic E-state index is 11.9. The molecule has 1 aromatic heterocycles. The van der Waals surface area contributed by atoms with E-state index in [1.54, 1.807) is 23.5 Å². The number of hydrogen-bond acceptors (Lipinski definition) is 3. The Labute approximate surface area is 93.7 Å². The highest BCUT2D eigenvalue weighted by Crippen LogP contribution is 2.22. The van der Waals surface area contributed by atoms with E-state index >= 15 is 0 Å². The minimum Gasteiger partial charge on any atom is -0.496 e. The van der Waals surface area contributed by atoms with Gasteiger partial charge in [-0.15, -0.1) is 17.8 Å². The van der Waals surface area contributed by atoms with Crippen molar-refractivity contribution in [2.75, 3.05) is 20.2 Å². The number of rotatable bonds is 4. The van der Waals surface area contributed by atoms with Crippen molar-refractivity contribution in [2.45, 2.75) is 6.92 Å². The quantitative estimate of drug-likeness (QED) is 0.729. The molecule has 0 radical (unpaired) electrons. The van der Waals surface area contributed by atoms with E-state index in [4.69, 9.17) is 11.2 Å². The third-order valence-electron chi connectivity index (χ3n) is 1.97. The van der Waals surface area contributed by atoms with Crippen LogP contribution in [0.2, 0.25) is 0 Å². The van der Waals surface area contributed by atoms with E-state index in [9.17, 15) is 4.79 Å². The van der Waals surface area contributed by atoms with Gasteiger partial charge in [-0.05, 0) is 6.92 Å². The Kier molecular flexibility index (Phi) is 4.19. The molecule has 1 aromatic rings. The van der Waals surface area contributed by atoms with E-state index in [0.717, 1.165) is 0 Å². The first-order valence-electron chi connectivity index (χ1n) is 4.58. The third kappa shape index (κ3) is 2.74. The Morgan fingerprint density at radius 1 is 1.73 bits per heavy atom. The summed E-state index contributed by atoms with van der Waals surface area (Å²) in [5.41, 5.74) is 0. The number of hydrogen-bond donors (Lipinski definition) is 0. The molecule has 0 aliphatic heterocycles. The van der Waals surface area contributed by atoms with Crippen LogP contribution in [0.15, 0.2) is 11.4 Å². The lowest BCUT2D eigenvalue weighted by atomic mass is 10.3. The lowest BCUT2D eigenvalue weighted by Gasteiger charge is -2.16. The fraction of sp³-hybridized carbons (Fsp3) is 0.364. The monoisotopic (exact) mass is 223 g/mol. The van der Waals surface area contributed by atoms with Crippen LogP contribution in [0.4, 0.5) is 0 Å². The standard InChI is InChI=1S/C11H13NO2S/c1-4-6-12(5-2)11(13)10-7-9(14-3)8-15-10/h1,7-8H,5-6H2,2-3H3. The van der Waals surface area contributed by atoms with Gasteiger partial charge < -0.3 is 9.64 Å². The van der Waals surface area contributed by atoms with Gasteiger partial charge >= 0.3 is 0 Å². The zero-order chi connectivity index (χ0) is 11.3. The van der Waals surface area contributed by atoms with Gasteiger partial charge in [-0.2, -0.15) is 0 Å². The Morgan fingerprint density at radius 3 is 2.93 bits per heavy atom. The number of thiophene rings is 1. The predicted octanol–water partition coefficient (Wildman–Crippen LogP) is 1.85. The molecule has 80 valence electrons. The number of amides is 1. The molecule has 0 saturated heterocycles. The molecule has 0 atom stereocenters. The van der Waals surface area contributed by atoms with Crippen LogP contribution in [0.25, 0.3) is 0 Å². The predicted molar refractivity (Wildman–Crippen MR) is 61.3 cm³/mol. The third-order valence-corrected chi connectivity index (χ3v) is 2.87. The van der Waals surface area contributed by atoms with Crippen LogP contribution < -0.4 is 4.74 Å². The molecular weight excluding hydrogens is 210 g/mol. The van der Waals surface area contributed by atoms with Crippen molar-refractivity contribution in [2.24, 2.45) is 0 Å². The number of terminal acetylenes is 1. The number of methoxy groups -OCH3 is 1. The Hall–Kier alpha value is -1.47. The van der Waals surface area contributed by atoms with Crippen LogP contribution in [-0.2, 0) is 0 Å². The SMILES string of the molecule is C#CCN(CC)C(=O)c1cc(OC)cs1. The van der Waals surface area contributed by atoms with Crippen LogP contribution >= 0.6 is 11.3 Å². The molecular formula is C11H13NO2S. The van der Waals surface area contributed by atoms with E-state index in [-0.39, 0.29) is 5.91 Å². The van der Waals surface area contributed by atoms with Crippen LogP contribution in [0.5, 0.6) is 5.75 Å². The number of ether oxygens (including phenoxy) is 1. The maximum absolute atomic E-state index is 11.9. The summed E-state index contributed by atoms with van der Waals surface area (Å²) in [6.07, 6.45) is 5.19. The molecule has 15 heavy (non-hydrogen) atoms. The molecule has 0 saturated carbocycles. The Balaban J connectivity index is 2.79. The van der Waals surface area contributed by atoms with Gasteiger partial charge in [0.15, 0.2) is 0 Å². The molecule has 0 fully saturated rings. The summed E-state index contributed by atoms with van der Waals surface area (Å²) in [5.74, 6) is 3.14. The van der Waals surface area contributed by atoms with Crippen molar-refractivity contribution in [3.8, 4) is 18.1 Å². The summed E-state index contributed by atoms with van der Waals surface area (Å²) >= 11 is 1.37. The maximum Gasteiger partial charge on any atom is 0.264 e.